The van der Waals surface area contributed by atoms with Crippen molar-refractivity contribution >= 4 is 17.7 Å². The number of carbonyl (C=O) groups is 1. The maximum absolute atomic E-state index is 12.0. The van der Waals surface area contributed by atoms with Crippen LogP contribution in [0.1, 0.15) is 5.69 Å². The van der Waals surface area contributed by atoms with E-state index in [4.69, 9.17) is 4.74 Å². The second-order valence-electron chi connectivity index (χ2n) is 5.07. The van der Waals surface area contributed by atoms with Crippen LogP contribution in [0.3, 0.4) is 0 Å². The van der Waals surface area contributed by atoms with Crippen LogP contribution in [0.2, 0.25) is 0 Å². The minimum atomic E-state index is 0.191. The molecule has 5 nitrogen and oxygen atoms in total. The van der Waals surface area contributed by atoms with Crippen LogP contribution < -0.4 is 0 Å². The lowest BCUT2D eigenvalue weighted by Gasteiger charge is -2.26. The highest BCUT2D eigenvalue weighted by Gasteiger charge is 2.16. The Kier molecular flexibility index (Phi) is 5.13. The minimum absolute atomic E-state index is 0.191. The van der Waals surface area contributed by atoms with Crippen LogP contribution in [0.15, 0.2) is 42.6 Å². The van der Waals surface area contributed by atoms with E-state index in [9.17, 15) is 4.79 Å². The number of carbonyl (C=O) groups excluding carboxylic acids is 1. The van der Waals surface area contributed by atoms with Gasteiger partial charge in [-0.15, -0.1) is 11.8 Å². The van der Waals surface area contributed by atoms with Crippen molar-refractivity contribution in [3.05, 3.63) is 48.3 Å². The van der Waals surface area contributed by atoms with E-state index in [0.717, 1.165) is 17.1 Å². The Morgan fingerprint density at radius 3 is 2.73 bits per heavy atom. The van der Waals surface area contributed by atoms with E-state index in [1.165, 1.54) is 0 Å². The lowest BCUT2D eigenvalue weighted by molar-refractivity contribution is -0.132. The molecular weight excluding hydrogens is 298 g/mol. The maximum atomic E-state index is 12.0. The first-order valence-corrected chi connectivity index (χ1v) is 8.51. The zero-order valence-corrected chi connectivity index (χ0v) is 13.2. The number of ether oxygens (including phenoxy) is 1. The van der Waals surface area contributed by atoms with Crippen molar-refractivity contribution in [1.29, 1.82) is 0 Å². The van der Waals surface area contributed by atoms with Gasteiger partial charge in [-0.2, -0.15) is 5.10 Å². The van der Waals surface area contributed by atoms with Crippen molar-refractivity contribution in [2.24, 2.45) is 0 Å². The lowest BCUT2D eigenvalue weighted by atomic mass is 10.3. The summed E-state index contributed by atoms with van der Waals surface area (Å²) in [5.41, 5.74) is 2.03. The van der Waals surface area contributed by atoms with Crippen LogP contribution >= 0.6 is 11.8 Å². The fourth-order valence-corrected chi connectivity index (χ4v) is 3.13. The van der Waals surface area contributed by atoms with E-state index in [2.05, 4.69) is 5.10 Å². The number of rotatable bonds is 5. The van der Waals surface area contributed by atoms with Gasteiger partial charge >= 0.3 is 0 Å². The molecule has 0 spiro atoms. The molecule has 0 aliphatic carbocycles. The molecule has 6 heteroatoms. The fourth-order valence-electron chi connectivity index (χ4n) is 2.31. The van der Waals surface area contributed by atoms with E-state index in [0.29, 0.717) is 32.1 Å². The van der Waals surface area contributed by atoms with Crippen LogP contribution in [0.5, 0.6) is 0 Å². The van der Waals surface area contributed by atoms with E-state index in [1.807, 2.05) is 52.2 Å². The normalized spacial score (nSPS) is 15.0. The van der Waals surface area contributed by atoms with Crippen molar-refractivity contribution in [3.63, 3.8) is 0 Å². The SMILES string of the molecule is O=C(CSCc1ccn(-c2ccccc2)n1)N1CCOCC1. The average molecular weight is 317 g/mol. The Bertz CT molecular complexity index is 609. The molecule has 1 saturated heterocycles. The highest BCUT2D eigenvalue weighted by Crippen LogP contribution is 2.14. The Morgan fingerprint density at radius 2 is 1.95 bits per heavy atom. The molecule has 1 amide bonds. The smallest absolute Gasteiger partial charge is 0.232 e. The third kappa shape index (κ3) is 3.90. The largest absolute Gasteiger partial charge is 0.378 e. The molecule has 1 fully saturated rings. The van der Waals surface area contributed by atoms with Crippen molar-refractivity contribution < 1.29 is 9.53 Å². The molecule has 116 valence electrons. The van der Waals surface area contributed by atoms with Crippen molar-refractivity contribution in [3.8, 4) is 5.69 Å². The summed E-state index contributed by atoms with van der Waals surface area (Å²) in [6.07, 6.45) is 1.95. The van der Waals surface area contributed by atoms with Crippen LogP contribution in [-0.2, 0) is 15.3 Å². The summed E-state index contributed by atoms with van der Waals surface area (Å²) >= 11 is 1.61. The molecule has 22 heavy (non-hydrogen) atoms. The number of hydrogen-bond donors (Lipinski definition) is 0. The molecule has 0 unspecified atom stereocenters. The predicted octanol–water partition coefficient (Wildman–Crippen LogP) is 1.96. The van der Waals surface area contributed by atoms with Gasteiger partial charge in [0.2, 0.25) is 5.91 Å². The molecule has 3 rings (SSSR count). The molecule has 0 radical (unpaired) electrons. The van der Waals surface area contributed by atoms with Gasteiger partial charge in [-0.05, 0) is 18.2 Å². The molecule has 2 aromatic rings. The molecule has 0 saturated carbocycles. The van der Waals surface area contributed by atoms with Gasteiger partial charge in [0, 0.05) is 25.0 Å². The number of nitrogens with zero attached hydrogens (tertiary/aromatic N) is 3. The first-order chi connectivity index (χ1) is 10.8. The number of thioether (sulfide) groups is 1. The van der Waals surface area contributed by atoms with Gasteiger partial charge in [0.15, 0.2) is 0 Å². The maximum Gasteiger partial charge on any atom is 0.232 e. The van der Waals surface area contributed by atoms with Crippen LogP contribution in [0, 0.1) is 0 Å². The zero-order chi connectivity index (χ0) is 15.2. The van der Waals surface area contributed by atoms with Gasteiger partial charge < -0.3 is 9.64 Å². The van der Waals surface area contributed by atoms with Crippen molar-refractivity contribution in [1.82, 2.24) is 14.7 Å². The van der Waals surface area contributed by atoms with Gasteiger partial charge in [0.05, 0.1) is 30.3 Å². The molecule has 0 N–H and O–H groups in total. The van der Waals surface area contributed by atoms with Crippen LogP contribution in [0.4, 0.5) is 0 Å². The Balaban J connectivity index is 1.48. The number of aromatic nitrogens is 2. The molecule has 1 aliphatic rings. The third-order valence-electron chi connectivity index (χ3n) is 3.50. The second kappa shape index (κ2) is 7.47. The fraction of sp³-hybridized carbons (Fsp3) is 0.375. The van der Waals surface area contributed by atoms with Crippen LogP contribution in [0.25, 0.3) is 5.69 Å². The summed E-state index contributed by atoms with van der Waals surface area (Å²) in [5, 5.41) is 4.54. The highest BCUT2D eigenvalue weighted by atomic mass is 32.2. The summed E-state index contributed by atoms with van der Waals surface area (Å²) in [4.78, 5) is 13.9. The summed E-state index contributed by atoms with van der Waals surface area (Å²) in [6, 6.07) is 12.0. The first kappa shape index (κ1) is 15.1. The Labute approximate surface area is 134 Å². The number of para-hydroxylation sites is 1. The topological polar surface area (TPSA) is 47.4 Å². The quantitative estimate of drug-likeness (QED) is 0.846. The van der Waals surface area contributed by atoms with E-state index in [1.54, 1.807) is 11.8 Å². The minimum Gasteiger partial charge on any atom is -0.378 e. The van der Waals surface area contributed by atoms with Crippen LogP contribution in [-0.4, -0.2) is 52.6 Å². The molecule has 1 aromatic heterocycles. The van der Waals surface area contributed by atoms with Crippen molar-refractivity contribution in [2.75, 3.05) is 32.1 Å². The molecule has 0 atom stereocenters. The van der Waals surface area contributed by atoms with Gasteiger partial charge in [-0.25, -0.2) is 4.68 Å². The number of hydrogen-bond acceptors (Lipinski definition) is 4. The van der Waals surface area contributed by atoms with E-state index in [-0.39, 0.29) is 5.91 Å². The molecule has 2 heterocycles. The summed E-state index contributed by atoms with van der Waals surface area (Å²) < 4.78 is 7.12. The highest BCUT2D eigenvalue weighted by molar-refractivity contribution is 7.99. The number of morpholine rings is 1. The summed E-state index contributed by atoms with van der Waals surface area (Å²) in [7, 11) is 0. The standard InChI is InChI=1S/C16H19N3O2S/c20-16(18-8-10-21-11-9-18)13-22-12-14-6-7-19(17-14)15-4-2-1-3-5-15/h1-7H,8-13H2. The van der Waals surface area contributed by atoms with Gasteiger partial charge in [0.25, 0.3) is 0 Å². The molecule has 1 aliphatic heterocycles. The molecule has 0 bridgehead atoms. The molecular formula is C16H19N3O2S. The average Bonchev–Trinajstić information content (AvgIpc) is 3.05. The van der Waals surface area contributed by atoms with Gasteiger partial charge in [-0.1, -0.05) is 18.2 Å². The monoisotopic (exact) mass is 317 g/mol. The third-order valence-corrected chi connectivity index (χ3v) is 4.46. The zero-order valence-electron chi connectivity index (χ0n) is 12.4. The van der Waals surface area contributed by atoms with Gasteiger partial charge in [-0.3, -0.25) is 4.79 Å². The lowest BCUT2D eigenvalue weighted by Crippen LogP contribution is -2.41. The van der Waals surface area contributed by atoms with Crippen molar-refractivity contribution in [2.45, 2.75) is 5.75 Å². The molecule has 1 aromatic carbocycles. The first-order valence-electron chi connectivity index (χ1n) is 7.36. The summed E-state index contributed by atoms with van der Waals surface area (Å²) in [6.45, 7) is 2.72. The predicted molar refractivity (Wildman–Crippen MR) is 87.1 cm³/mol. The van der Waals surface area contributed by atoms with Gasteiger partial charge in [0.1, 0.15) is 0 Å². The van der Waals surface area contributed by atoms with E-state index < -0.39 is 0 Å². The van der Waals surface area contributed by atoms with E-state index >= 15 is 0 Å². The Hall–Kier alpha value is -1.79. The number of amides is 1. The summed E-state index contributed by atoms with van der Waals surface area (Å²) in [5.74, 6) is 1.43. The number of benzene rings is 1. The second-order valence-corrected chi connectivity index (χ2v) is 6.06. The Morgan fingerprint density at radius 1 is 1.18 bits per heavy atom.